The molecule has 1 aliphatic rings. The molecule has 0 radical (unpaired) electrons. The number of amides is 1. The minimum atomic E-state index is -0.996. The lowest BCUT2D eigenvalue weighted by molar-refractivity contribution is -0.138. The first-order valence-corrected chi connectivity index (χ1v) is 7.64. The predicted molar refractivity (Wildman–Crippen MR) is 76.1 cm³/mol. The van der Waals surface area contributed by atoms with Crippen LogP contribution in [-0.4, -0.2) is 42.0 Å². The Morgan fingerprint density at radius 1 is 1.52 bits per heavy atom. The highest BCUT2D eigenvalue weighted by Crippen LogP contribution is 2.25. The fourth-order valence-corrected chi connectivity index (χ4v) is 2.80. The number of carbonyl (C=O) groups excluding carboxylic acids is 1. The molecule has 0 bridgehead atoms. The lowest BCUT2D eigenvalue weighted by Gasteiger charge is -2.27. The number of thioether (sulfide) groups is 1. The number of rotatable bonds is 5. The molecular formula is C14H16FNO4S. The second kappa shape index (κ2) is 6.44. The van der Waals surface area contributed by atoms with Crippen molar-refractivity contribution in [3.05, 3.63) is 29.6 Å². The molecule has 0 aromatic heterocycles. The summed E-state index contributed by atoms with van der Waals surface area (Å²) in [5.41, 5.74) is -0.589. The van der Waals surface area contributed by atoms with Crippen molar-refractivity contribution < 1.29 is 23.8 Å². The molecular weight excluding hydrogens is 297 g/mol. The highest BCUT2D eigenvalue weighted by molar-refractivity contribution is 7.98. The number of hydrogen-bond donors (Lipinski definition) is 2. The lowest BCUT2D eigenvalue weighted by Crippen LogP contribution is -2.50. The molecule has 1 amide bonds. The highest BCUT2D eigenvalue weighted by atomic mass is 32.2. The van der Waals surface area contributed by atoms with Gasteiger partial charge in [0.15, 0.2) is 0 Å². The van der Waals surface area contributed by atoms with E-state index in [1.54, 1.807) is 6.26 Å². The largest absolute Gasteiger partial charge is 0.481 e. The second-order valence-electron chi connectivity index (χ2n) is 4.96. The van der Waals surface area contributed by atoms with Crippen molar-refractivity contribution in [2.75, 3.05) is 19.5 Å². The Morgan fingerprint density at radius 3 is 2.86 bits per heavy atom. The molecule has 7 heteroatoms. The van der Waals surface area contributed by atoms with E-state index in [0.717, 1.165) is 0 Å². The first kappa shape index (κ1) is 15.8. The molecule has 1 aliphatic heterocycles. The van der Waals surface area contributed by atoms with Gasteiger partial charge in [-0.1, -0.05) is 0 Å². The van der Waals surface area contributed by atoms with E-state index >= 15 is 0 Å². The van der Waals surface area contributed by atoms with Crippen LogP contribution in [0.4, 0.5) is 4.39 Å². The monoisotopic (exact) mass is 313 g/mol. The van der Waals surface area contributed by atoms with Crippen LogP contribution >= 0.6 is 11.8 Å². The van der Waals surface area contributed by atoms with Crippen LogP contribution in [0.2, 0.25) is 0 Å². The molecule has 1 aromatic rings. The number of carboxylic acid groups (broad SMARTS) is 1. The Hall–Kier alpha value is -1.60. The summed E-state index contributed by atoms with van der Waals surface area (Å²) in [6.45, 7) is 0.578. The maximum Gasteiger partial charge on any atom is 0.305 e. The van der Waals surface area contributed by atoms with Crippen LogP contribution in [0.3, 0.4) is 0 Å². The third-order valence-corrected chi connectivity index (χ3v) is 4.14. The maximum absolute atomic E-state index is 13.4. The van der Waals surface area contributed by atoms with Crippen molar-refractivity contribution in [2.24, 2.45) is 0 Å². The molecule has 21 heavy (non-hydrogen) atoms. The molecule has 0 saturated carbocycles. The van der Waals surface area contributed by atoms with Crippen molar-refractivity contribution >= 4 is 23.6 Å². The van der Waals surface area contributed by atoms with E-state index in [9.17, 15) is 14.0 Å². The van der Waals surface area contributed by atoms with Gasteiger partial charge in [0.05, 0.1) is 18.6 Å². The van der Waals surface area contributed by atoms with Crippen LogP contribution in [0, 0.1) is 5.82 Å². The number of carbonyl (C=O) groups is 2. The number of benzene rings is 1. The topological polar surface area (TPSA) is 75.6 Å². The van der Waals surface area contributed by atoms with Crippen molar-refractivity contribution in [2.45, 2.75) is 23.3 Å². The van der Waals surface area contributed by atoms with E-state index in [2.05, 4.69) is 5.32 Å². The van der Waals surface area contributed by atoms with Gasteiger partial charge in [0.1, 0.15) is 5.82 Å². The van der Waals surface area contributed by atoms with Gasteiger partial charge in [0.25, 0.3) is 5.91 Å². The quantitative estimate of drug-likeness (QED) is 0.812. The molecule has 1 saturated heterocycles. The zero-order valence-electron chi connectivity index (χ0n) is 11.5. The summed E-state index contributed by atoms with van der Waals surface area (Å²) in [6, 6.07) is 4.07. The SMILES string of the molecule is CSc1cc(C(=O)NC2(CC(=O)O)CCOC2)ccc1F. The highest BCUT2D eigenvalue weighted by Gasteiger charge is 2.38. The lowest BCUT2D eigenvalue weighted by atomic mass is 9.93. The van der Waals surface area contributed by atoms with Gasteiger partial charge in [-0.2, -0.15) is 0 Å². The van der Waals surface area contributed by atoms with Gasteiger partial charge >= 0.3 is 5.97 Å². The maximum atomic E-state index is 13.4. The zero-order chi connectivity index (χ0) is 15.5. The van der Waals surface area contributed by atoms with Gasteiger partial charge in [-0.25, -0.2) is 4.39 Å². The molecule has 2 rings (SSSR count). The first-order valence-electron chi connectivity index (χ1n) is 6.41. The minimum absolute atomic E-state index is 0.168. The Balaban J connectivity index is 2.17. The van der Waals surface area contributed by atoms with Gasteiger partial charge in [0.2, 0.25) is 0 Å². The zero-order valence-corrected chi connectivity index (χ0v) is 12.3. The Labute approximate surface area is 125 Å². The Morgan fingerprint density at radius 2 is 2.29 bits per heavy atom. The summed E-state index contributed by atoms with van der Waals surface area (Å²) >= 11 is 1.21. The van der Waals surface area contributed by atoms with E-state index in [-0.39, 0.29) is 18.8 Å². The van der Waals surface area contributed by atoms with Crippen molar-refractivity contribution in [1.82, 2.24) is 5.32 Å². The van der Waals surface area contributed by atoms with E-state index < -0.39 is 17.4 Å². The van der Waals surface area contributed by atoms with Crippen molar-refractivity contribution in [3.63, 3.8) is 0 Å². The predicted octanol–water partition coefficient (Wildman–Crippen LogP) is 1.91. The summed E-state index contributed by atoms with van der Waals surface area (Å²) < 4.78 is 18.7. The molecule has 0 aliphatic carbocycles. The van der Waals surface area contributed by atoms with Crippen LogP contribution in [0.25, 0.3) is 0 Å². The molecule has 114 valence electrons. The van der Waals surface area contributed by atoms with E-state index in [1.165, 1.54) is 30.0 Å². The average Bonchev–Trinajstić information content (AvgIpc) is 2.86. The number of aliphatic carboxylic acids is 1. The summed E-state index contributed by atoms with van der Waals surface area (Å²) in [5.74, 6) is -1.80. The third kappa shape index (κ3) is 3.74. The van der Waals surface area contributed by atoms with Crippen LogP contribution in [0.1, 0.15) is 23.2 Å². The molecule has 5 nitrogen and oxygen atoms in total. The Kier molecular flexibility index (Phi) is 4.84. The van der Waals surface area contributed by atoms with E-state index in [4.69, 9.17) is 9.84 Å². The van der Waals surface area contributed by atoms with Gasteiger partial charge in [-0.05, 0) is 30.9 Å². The Bertz CT molecular complexity index is 558. The molecule has 1 aromatic carbocycles. The van der Waals surface area contributed by atoms with Crippen molar-refractivity contribution in [1.29, 1.82) is 0 Å². The molecule has 1 fully saturated rings. The fourth-order valence-electron chi connectivity index (χ4n) is 2.29. The van der Waals surface area contributed by atoms with Crippen LogP contribution in [0.15, 0.2) is 23.1 Å². The number of hydrogen-bond acceptors (Lipinski definition) is 4. The minimum Gasteiger partial charge on any atom is -0.481 e. The summed E-state index contributed by atoms with van der Waals surface area (Å²) in [7, 11) is 0. The van der Waals surface area contributed by atoms with Crippen molar-refractivity contribution in [3.8, 4) is 0 Å². The first-order chi connectivity index (χ1) is 9.96. The molecule has 1 atom stereocenters. The summed E-state index contributed by atoms with van der Waals surface area (Å²) in [6.07, 6.45) is 1.97. The number of nitrogens with one attached hydrogen (secondary N) is 1. The number of ether oxygens (including phenoxy) is 1. The van der Waals surface area contributed by atoms with E-state index in [0.29, 0.717) is 23.5 Å². The normalized spacial score (nSPS) is 21.2. The van der Waals surface area contributed by atoms with Crippen LogP contribution < -0.4 is 5.32 Å². The summed E-state index contributed by atoms with van der Waals surface area (Å²) in [4.78, 5) is 23.6. The molecule has 1 heterocycles. The number of halogens is 1. The van der Waals surface area contributed by atoms with Crippen LogP contribution in [0.5, 0.6) is 0 Å². The van der Waals surface area contributed by atoms with Gasteiger partial charge in [-0.15, -0.1) is 11.8 Å². The third-order valence-electron chi connectivity index (χ3n) is 3.38. The fraction of sp³-hybridized carbons (Fsp3) is 0.429. The second-order valence-corrected chi connectivity index (χ2v) is 5.80. The number of carboxylic acids is 1. The standard InChI is InChI=1S/C14H16FNO4S/c1-21-11-6-9(2-3-10(11)15)13(19)16-14(7-12(17)18)4-5-20-8-14/h2-3,6H,4-5,7-8H2,1H3,(H,16,19)(H,17,18). The van der Waals surface area contributed by atoms with Crippen LogP contribution in [-0.2, 0) is 9.53 Å². The van der Waals surface area contributed by atoms with Gasteiger partial charge in [-0.3, -0.25) is 9.59 Å². The smallest absolute Gasteiger partial charge is 0.305 e. The molecule has 0 spiro atoms. The van der Waals surface area contributed by atoms with Gasteiger partial charge in [0, 0.05) is 17.1 Å². The molecule has 2 N–H and O–H groups in total. The molecule has 1 unspecified atom stereocenters. The average molecular weight is 313 g/mol. The van der Waals surface area contributed by atoms with Gasteiger partial charge < -0.3 is 15.2 Å². The van der Waals surface area contributed by atoms with E-state index in [1.807, 2.05) is 0 Å². The summed E-state index contributed by atoms with van der Waals surface area (Å²) in [5, 5.41) is 11.7.